The van der Waals surface area contributed by atoms with Crippen LogP contribution in [0.4, 0.5) is 11.4 Å². The summed E-state index contributed by atoms with van der Waals surface area (Å²) in [5, 5.41) is 7.14. The second-order valence-corrected chi connectivity index (χ2v) is 9.27. The Morgan fingerprint density at radius 3 is 2.41 bits per heavy atom. The summed E-state index contributed by atoms with van der Waals surface area (Å²) < 4.78 is 37.6. The smallest absolute Gasteiger partial charge is 0.243 e. The molecule has 0 amide bonds. The molecule has 2 N–H and O–H groups in total. The Kier molecular flexibility index (Phi) is 7.20. The maximum Gasteiger partial charge on any atom is 0.243 e. The molecule has 0 atom stereocenters. The van der Waals surface area contributed by atoms with E-state index in [4.69, 9.17) is 44.9 Å². The zero-order valence-corrected chi connectivity index (χ0v) is 18.6. The zero-order valence-electron chi connectivity index (χ0n) is 15.4. The normalized spacial score (nSPS) is 15.0. The van der Waals surface area contributed by atoms with Crippen LogP contribution in [0.2, 0.25) is 10.0 Å². The van der Waals surface area contributed by atoms with Crippen LogP contribution in [0.5, 0.6) is 5.75 Å². The lowest BCUT2D eigenvalue weighted by molar-refractivity contribution is 0.0730. The van der Waals surface area contributed by atoms with E-state index in [1.807, 2.05) is 0 Å². The molecule has 1 aliphatic heterocycles. The number of thiocarbonyl (C=S) groups is 1. The molecule has 0 spiro atoms. The van der Waals surface area contributed by atoms with Gasteiger partial charge in [-0.05, 0) is 42.5 Å². The second-order valence-electron chi connectivity index (χ2n) is 6.08. The molecule has 0 unspecified atom stereocenters. The first-order valence-corrected chi connectivity index (χ1v) is 11.2. The Morgan fingerprint density at radius 1 is 1.10 bits per heavy atom. The Hall–Kier alpha value is -1.62. The summed E-state index contributed by atoms with van der Waals surface area (Å²) in [7, 11) is -2.17. The molecule has 3 rings (SSSR count). The fourth-order valence-corrected chi connectivity index (χ4v) is 4.84. The van der Waals surface area contributed by atoms with Gasteiger partial charge in [-0.25, -0.2) is 8.42 Å². The first-order chi connectivity index (χ1) is 13.8. The highest BCUT2D eigenvalue weighted by Gasteiger charge is 2.27. The maximum absolute atomic E-state index is 12.8. The van der Waals surface area contributed by atoms with Crippen molar-refractivity contribution in [1.29, 1.82) is 0 Å². The molecule has 1 aliphatic rings. The number of nitrogens with zero attached hydrogens (tertiary/aromatic N) is 1. The number of hydrogen-bond donors (Lipinski definition) is 2. The van der Waals surface area contributed by atoms with Crippen molar-refractivity contribution in [1.82, 2.24) is 4.31 Å². The summed E-state index contributed by atoms with van der Waals surface area (Å²) in [5.74, 6) is 0.339. The van der Waals surface area contributed by atoms with E-state index in [1.54, 1.807) is 24.3 Å². The van der Waals surface area contributed by atoms with Gasteiger partial charge in [0.1, 0.15) is 5.75 Å². The van der Waals surface area contributed by atoms with E-state index in [9.17, 15) is 8.42 Å². The van der Waals surface area contributed by atoms with Crippen LogP contribution in [-0.4, -0.2) is 51.2 Å². The van der Waals surface area contributed by atoms with Crippen LogP contribution < -0.4 is 15.4 Å². The van der Waals surface area contributed by atoms with Gasteiger partial charge in [-0.3, -0.25) is 0 Å². The van der Waals surface area contributed by atoms with Gasteiger partial charge in [0, 0.05) is 24.2 Å². The molecular formula is C18H19Cl2N3O4S2. The molecule has 0 radical (unpaired) electrons. The number of hydrogen-bond acceptors (Lipinski definition) is 5. The highest BCUT2D eigenvalue weighted by molar-refractivity contribution is 7.89. The minimum atomic E-state index is -3.63. The van der Waals surface area contributed by atoms with Crippen LogP contribution in [0.25, 0.3) is 0 Å². The standard InChI is InChI=1S/C18H19Cl2N3O4S2/c1-26-17-11-13(29(24,25)23-6-8-27-9-7-23)3-5-16(17)22-18(28)21-15-4-2-12(19)10-14(15)20/h2-5,10-11H,6-9H2,1H3,(H2,21,22,28). The Labute approximate surface area is 184 Å². The van der Waals surface area contributed by atoms with E-state index in [0.29, 0.717) is 53.5 Å². The fourth-order valence-electron chi connectivity index (χ4n) is 2.74. The van der Waals surface area contributed by atoms with Crippen molar-refractivity contribution in [3.63, 3.8) is 0 Å². The number of sulfonamides is 1. The molecule has 1 saturated heterocycles. The summed E-state index contributed by atoms with van der Waals surface area (Å²) >= 11 is 17.4. The van der Waals surface area contributed by atoms with Crippen LogP contribution in [0.15, 0.2) is 41.3 Å². The monoisotopic (exact) mass is 475 g/mol. The predicted octanol–water partition coefficient (Wildman–Crippen LogP) is 3.83. The van der Waals surface area contributed by atoms with Gasteiger partial charge < -0.3 is 20.1 Å². The lowest BCUT2D eigenvalue weighted by Gasteiger charge is -2.26. The number of anilines is 2. The molecular weight excluding hydrogens is 457 g/mol. The summed E-state index contributed by atoms with van der Waals surface area (Å²) in [4.78, 5) is 0.140. The predicted molar refractivity (Wildman–Crippen MR) is 119 cm³/mol. The van der Waals surface area contributed by atoms with Gasteiger partial charge in [0.2, 0.25) is 10.0 Å². The molecule has 0 bridgehead atoms. The van der Waals surface area contributed by atoms with E-state index < -0.39 is 10.0 Å². The van der Waals surface area contributed by atoms with E-state index in [-0.39, 0.29) is 10.0 Å². The molecule has 11 heteroatoms. The Balaban J connectivity index is 1.77. The lowest BCUT2D eigenvalue weighted by atomic mass is 10.3. The molecule has 2 aromatic rings. The Morgan fingerprint density at radius 2 is 1.76 bits per heavy atom. The molecule has 29 heavy (non-hydrogen) atoms. The van der Waals surface area contributed by atoms with Crippen LogP contribution in [-0.2, 0) is 14.8 Å². The van der Waals surface area contributed by atoms with Crippen molar-refractivity contribution in [2.45, 2.75) is 4.90 Å². The SMILES string of the molecule is COc1cc(S(=O)(=O)N2CCOCC2)ccc1NC(=S)Nc1ccc(Cl)cc1Cl. The minimum Gasteiger partial charge on any atom is -0.495 e. The molecule has 1 fully saturated rings. The number of nitrogens with one attached hydrogen (secondary N) is 2. The van der Waals surface area contributed by atoms with Gasteiger partial charge in [0.05, 0.1) is 41.6 Å². The molecule has 2 aromatic carbocycles. The van der Waals surface area contributed by atoms with Crippen LogP contribution in [0.1, 0.15) is 0 Å². The third-order valence-corrected chi connectivity index (χ3v) is 6.85. The maximum atomic E-state index is 12.8. The average Bonchev–Trinajstić information content (AvgIpc) is 2.71. The lowest BCUT2D eigenvalue weighted by Crippen LogP contribution is -2.40. The van der Waals surface area contributed by atoms with E-state index >= 15 is 0 Å². The van der Waals surface area contributed by atoms with Gasteiger partial charge in [0.25, 0.3) is 0 Å². The third kappa shape index (κ3) is 5.30. The van der Waals surface area contributed by atoms with Crippen LogP contribution in [0, 0.1) is 0 Å². The largest absolute Gasteiger partial charge is 0.495 e. The molecule has 7 nitrogen and oxygen atoms in total. The van der Waals surface area contributed by atoms with Crippen molar-refractivity contribution in [2.75, 3.05) is 44.0 Å². The van der Waals surface area contributed by atoms with Crippen molar-refractivity contribution >= 4 is 61.9 Å². The van der Waals surface area contributed by atoms with Crippen LogP contribution >= 0.6 is 35.4 Å². The highest BCUT2D eigenvalue weighted by atomic mass is 35.5. The fraction of sp³-hybridized carbons (Fsp3) is 0.278. The van der Waals surface area contributed by atoms with E-state index in [1.165, 1.54) is 23.5 Å². The van der Waals surface area contributed by atoms with Crippen LogP contribution in [0.3, 0.4) is 0 Å². The summed E-state index contributed by atoms with van der Waals surface area (Å²) in [6, 6.07) is 9.56. The quantitative estimate of drug-likeness (QED) is 0.635. The van der Waals surface area contributed by atoms with E-state index in [2.05, 4.69) is 10.6 Å². The first kappa shape index (κ1) is 22.1. The molecule has 156 valence electrons. The average molecular weight is 476 g/mol. The number of morpholine rings is 1. The summed E-state index contributed by atoms with van der Waals surface area (Å²) in [6.45, 7) is 1.40. The summed E-state index contributed by atoms with van der Waals surface area (Å²) in [5.41, 5.74) is 1.09. The molecule has 0 aromatic heterocycles. The van der Waals surface area contributed by atoms with Gasteiger partial charge >= 0.3 is 0 Å². The van der Waals surface area contributed by atoms with Crippen molar-refractivity contribution in [3.05, 3.63) is 46.4 Å². The van der Waals surface area contributed by atoms with Crippen molar-refractivity contribution in [2.24, 2.45) is 0 Å². The van der Waals surface area contributed by atoms with Gasteiger partial charge in [-0.15, -0.1) is 0 Å². The molecule has 0 saturated carbocycles. The van der Waals surface area contributed by atoms with Gasteiger partial charge in [-0.2, -0.15) is 4.31 Å². The van der Waals surface area contributed by atoms with Gasteiger partial charge in [0.15, 0.2) is 5.11 Å². The third-order valence-electron chi connectivity index (χ3n) is 4.21. The number of rotatable bonds is 5. The minimum absolute atomic E-state index is 0.140. The number of ether oxygens (including phenoxy) is 2. The number of halogens is 2. The molecule has 0 aliphatic carbocycles. The number of benzene rings is 2. The second kappa shape index (κ2) is 9.46. The number of methoxy groups -OCH3 is 1. The zero-order chi connectivity index (χ0) is 21.0. The summed E-state index contributed by atoms with van der Waals surface area (Å²) in [6.07, 6.45) is 0. The van der Waals surface area contributed by atoms with E-state index in [0.717, 1.165) is 0 Å². The van der Waals surface area contributed by atoms with Crippen molar-refractivity contribution < 1.29 is 17.9 Å². The van der Waals surface area contributed by atoms with Crippen molar-refractivity contribution in [3.8, 4) is 5.75 Å². The highest BCUT2D eigenvalue weighted by Crippen LogP contribution is 2.30. The molecule has 1 heterocycles. The van der Waals surface area contributed by atoms with Gasteiger partial charge in [-0.1, -0.05) is 23.2 Å². The Bertz CT molecular complexity index is 1010. The first-order valence-electron chi connectivity index (χ1n) is 8.60. The topological polar surface area (TPSA) is 79.9 Å².